The number of nitrogens with one attached hydrogen (secondary N) is 2. The number of aromatic nitrogens is 2. The average Bonchev–Trinajstić information content (AvgIpc) is 2.95. The number of halogens is 1. The first-order chi connectivity index (χ1) is 13.3. The zero-order valence-corrected chi connectivity index (χ0v) is 15.5. The molecule has 0 unspecified atom stereocenters. The molecule has 5 N–H and O–H groups in total. The van der Waals surface area contributed by atoms with Crippen LogP contribution in [-0.2, 0) is 9.53 Å². The standard InChI is InChI=1S/C17H26FN3O7/c1-2-3-4-5-6-7-19-15(26)12(24)13-10(22)11(23)16(28-13)21-8-9(18)14(25)20-17(21)27/h8,10-13,16,22-24H,2-7H2,1H3,(H,19,26)(H,20,25,27)/t10-,11-,12-,13-,16+/m1/s1. The maximum Gasteiger partial charge on any atom is 0.330 e. The largest absolute Gasteiger partial charge is 0.387 e. The topological polar surface area (TPSA) is 154 Å². The van der Waals surface area contributed by atoms with E-state index in [9.17, 15) is 34.1 Å². The van der Waals surface area contributed by atoms with Crippen molar-refractivity contribution >= 4 is 5.91 Å². The zero-order chi connectivity index (χ0) is 20.8. The van der Waals surface area contributed by atoms with Crippen LogP contribution in [0.25, 0.3) is 0 Å². The van der Waals surface area contributed by atoms with Gasteiger partial charge in [-0.1, -0.05) is 32.6 Å². The second-order valence-corrected chi connectivity index (χ2v) is 6.77. The third-order valence-corrected chi connectivity index (χ3v) is 4.63. The van der Waals surface area contributed by atoms with E-state index in [1.54, 1.807) is 4.98 Å². The maximum atomic E-state index is 13.5. The number of carbonyl (C=O) groups excluding carboxylic acids is 1. The molecule has 1 amide bonds. The molecule has 0 aromatic carbocycles. The van der Waals surface area contributed by atoms with Gasteiger partial charge in [0.05, 0.1) is 6.20 Å². The van der Waals surface area contributed by atoms with Gasteiger partial charge in [-0.05, 0) is 6.42 Å². The lowest BCUT2D eigenvalue weighted by molar-refractivity contribution is -0.143. The number of hydrogen-bond acceptors (Lipinski definition) is 7. The Labute approximate surface area is 160 Å². The highest BCUT2D eigenvalue weighted by molar-refractivity contribution is 5.81. The highest BCUT2D eigenvalue weighted by Crippen LogP contribution is 2.30. The van der Waals surface area contributed by atoms with Gasteiger partial charge in [0.2, 0.25) is 5.82 Å². The van der Waals surface area contributed by atoms with Gasteiger partial charge in [-0.3, -0.25) is 19.1 Å². The molecule has 1 aromatic rings. The molecule has 28 heavy (non-hydrogen) atoms. The molecule has 5 atom stereocenters. The molecule has 0 aliphatic carbocycles. The number of carbonyl (C=O) groups is 1. The number of hydrogen-bond donors (Lipinski definition) is 5. The summed E-state index contributed by atoms with van der Waals surface area (Å²) in [6, 6.07) is 0. The minimum absolute atomic E-state index is 0.332. The second-order valence-electron chi connectivity index (χ2n) is 6.77. The molecule has 2 rings (SSSR count). The number of unbranched alkanes of at least 4 members (excludes halogenated alkanes) is 4. The summed E-state index contributed by atoms with van der Waals surface area (Å²) in [6.45, 7) is 2.42. The van der Waals surface area contributed by atoms with Gasteiger partial charge in [0.25, 0.3) is 11.5 Å². The monoisotopic (exact) mass is 403 g/mol. The fourth-order valence-electron chi connectivity index (χ4n) is 3.02. The Bertz CT molecular complexity index is 781. The molecule has 158 valence electrons. The van der Waals surface area contributed by atoms with Crippen molar-refractivity contribution < 1.29 is 29.2 Å². The SMILES string of the molecule is CCCCCCCNC(=O)[C@H](O)[C@@H]1O[C@H](n2cc(F)c(=O)[nH]c2=O)[C@H](O)[C@H]1O. The van der Waals surface area contributed by atoms with E-state index >= 15 is 0 Å². The number of ether oxygens (including phenoxy) is 1. The normalized spacial score (nSPS) is 25.6. The average molecular weight is 403 g/mol. The van der Waals surface area contributed by atoms with E-state index in [0.717, 1.165) is 32.1 Å². The Morgan fingerprint density at radius 3 is 2.64 bits per heavy atom. The van der Waals surface area contributed by atoms with E-state index < -0.39 is 53.6 Å². The number of nitrogens with zero attached hydrogens (tertiary/aromatic N) is 1. The van der Waals surface area contributed by atoms with Gasteiger partial charge in [0.15, 0.2) is 12.3 Å². The molecule has 2 heterocycles. The first-order valence-electron chi connectivity index (χ1n) is 9.26. The lowest BCUT2D eigenvalue weighted by atomic mass is 10.0. The summed E-state index contributed by atoms with van der Waals surface area (Å²) < 4.78 is 19.3. The van der Waals surface area contributed by atoms with E-state index in [1.165, 1.54) is 0 Å². The minimum atomic E-state index is -1.81. The Balaban J connectivity index is 1.99. The zero-order valence-electron chi connectivity index (χ0n) is 15.5. The van der Waals surface area contributed by atoms with Crippen LogP contribution in [0, 0.1) is 5.82 Å². The molecule has 0 bridgehead atoms. The number of aliphatic hydroxyl groups is 3. The maximum absolute atomic E-state index is 13.5. The van der Waals surface area contributed by atoms with Crippen LogP contribution < -0.4 is 16.6 Å². The van der Waals surface area contributed by atoms with Crippen LogP contribution >= 0.6 is 0 Å². The third-order valence-electron chi connectivity index (χ3n) is 4.63. The lowest BCUT2D eigenvalue weighted by Crippen LogP contribution is -2.47. The molecule has 1 aromatic heterocycles. The lowest BCUT2D eigenvalue weighted by Gasteiger charge is -2.20. The minimum Gasteiger partial charge on any atom is -0.387 e. The summed E-state index contributed by atoms with van der Waals surface area (Å²) in [7, 11) is 0. The van der Waals surface area contributed by atoms with Gasteiger partial charge >= 0.3 is 5.69 Å². The van der Waals surface area contributed by atoms with Gasteiger partial charge in [-0.2, -0.15) is 4.39 Å². The van der Waals surface area contributed by atoms with Crippen molar-refractivity contribution in [1.82, 2.24) is 14.9 Å². The van der Waals surface area contributed by atoms with Crippen molar-refractivity contribution in [1.29, 1.82) is 0 Å². The molecule has 1 aliphatic heterocycles. The molecule has 1 fully saturated rings. The number of rotatable bonds is 9. The van der Waals surface area contributed by atoms with Gasteiger partial charge < -0.3 is 25.4 Å². The summed E-state index contributed by atoms with van der Waals surface area (Å²) in [6.07, 6.45) is -2.98. The van der Waals surface area contributed by atoms with Crippen LogP contribution in [0.3, 0.4) is 0 Å². The van der Waals surface area contributed by atoms with Crippen LogP contribution in [0.2, 0.25) is 0 Å². The van der Waals surface area contributed by atoms with Crippen LogP contribution in [0.4, 0.5) is 4.39 Å². The molecule has 0 spiro atoms. The fourth-order valence-corrected chi connectivity index (χ4v) is 3.02. The molecular formula is C17H26FN3O7. The van der Waals surface area contributed by atoms with Gasteiger partial charge in [-0.25, -0.2) is 4.79 Å². The molecule has 0 saturated carbocycles. The molecular weight excluding hydrogens is 377 g/mol. The van der Waals surface area contributed by atoms with E-state index in [1.807, 2.05) is 0 Å². The Kier molecular flexibility index (Phi) is 7.87. The number of aliphatic hydroxyl groups excluding tert-OH is 3. The van der Waals surface area contributed by atoms with Crippen LogP contribution in [0.15, 0.2) is 15.8 Å². The number of H-pyrrole nitrogens is 1. The first-order valence-corrected chi connectivity index (χ1v) is 9.26. The quantitative estimate of drug-likeness (QED) is 0.323. The number of aromatic amines is 1. The Hall–Kier alpha value is -2.08. The van der Waals surface area contributed by atoms with Crippen LogP contribution in [0.1, 0.15) is 45.3 Å². The smallest absolute Gasteiger partial charge is 0.330 e. The summed E-state index contributed by atoms with van der Waals surface area (Å²) in [5, 5.41) is 32.9. The molecule has 0 radical (unpaired) electrons. The van der Waals surface area contributed by atoms with Crippen LogP contribution in [0.5, 0.6) is 0 Å². The first kappa shape index (κ1) is 22.2. The molecule has 11 heteroatoms. The predicted octanol–water partition coefficient (Wildman–Crippen LogP) is -1.26. The van der Waals surface area contributed by atoms with E-state index in [2.05, 4.69) is 12.2 Å². The molecule has 1 aliphatic rings. The summed E-state index contributed by atoms with van der Waals surface area (Å²) in [5.41, 5.74) is -2.32. The fraction of sp³-hybridized carbons (Fsp3) is 0.706. The van der Waals surface area contributed by atoms with Gasteiger partial charge in [0, 0.05) is 6.54 Å². The van der Waals surface area contributed by atoms with E-state index in [-0.39, 0.29) is 0 Å². The van der Waals surface area contributed by atoms with Crippen molar-refractivity contribution in [2.75, 3.05) is 6.54 Å². The predicted molar refractivity (Wildman–Crippen MR) is 95.0 cm³/mol. The third kappa shape index (κ3) is 5.04. The molecule has 1 saturated heterocycles. The highest BCUT2D eigenvalue weighted by Gasteiger charge is 2.49. The second kappa shape index (κ2) is 9.92. The Morgan fingerprint density at radius 2 is 1.96 bits per heavy atom. The van der Waals surface area contributed by atoms with Crippen LogP contribution in [-0.4, -0.2) is 61.7 Å². The summed E-state index contributed by atoms with van der Waals surface area (Å²) in [5.74, 6) is -2.10. The van der Waals surface area contributed by atoms with E-state index in [4.69, 9.17) is 4.74 Å². The van der Waals surface area contributed by atoms with Gasteiger partial charge in [-0.15, -0.1) is 0 Å². The summed E-state index contributed by atoms with van der Waals surface area (Å²) >= 11 is 0. The summed E-state index contributed by atoms with van der Waals surface area (Å²) in [4.78, 5) is 36.7. The van der Waals surface area contributed by atoms with Crippen molar-refractivity contribution in [2.24, 2.45) is 0 Å². The van der Waals surface area contributed by atoms with Crippen molar-refractivity contribution in [3.05, 3.63) is 32.9 Å². The van der Waals surface area contributed by atoms with Crippen molar-refractivity contribution in [2.45, 2.75) is 69.7 Å². The van der Waals surface area contributed by atoms with Crippen molar-refractivity contribution in [3.8, 4) is 0 Å². The Morgan fingerprint density at radius 1 is 1.29 bits per heavy atom. The van der Waals surface area contributed by atoms with Crippen molar-refractivity contribution in [3.63, 3.8) is 0 Å². The highest BCUT2D eigenvalue weighted by atomic mass is 19.1. The van der Waals surface area contributed by atoms with E-state index in [0.29, 0.717) is 17.3 Å². The van der Waals surface area contributed by atoms with Gasteiger partial charge in [0.1, 0.15) is 18.3 Å². The number of amides is 1. The molecule has 10 nitrogen and oxygen atoms in total.